The highest BCUT2D eigenvalue weighted by Crippen LogP contribution is 2.36. The second-order valence-corrected chi connectivity index (χ2v) is 9.61. The van der Waals surface area contributed by atoms with Crippen molar-refractivity contribution in [3.05, 3.63) is 48.0 Å². The summed E-state index contributed by atoms with van der Waals surface area (Å²) in [5, 5.41) is 2.75. The summed E-state index contributed by atoms with van der Waals surface area (Å²) in [6, 6.07) is 9.15. The van der Waals surface area contributed by atoms with Gasteiger partial charge in [-0.3, -0.25) is 9.59 Å². The number of nitrogens with one attached hydrogen (secondary N) is 1. The number of benzene rings is 2. The highest BCUT2D eigenvalue weighted by molar-refractivity contribution is 8.00. The van der Waals surface area contributed by atoms with Gasteiger partial charge in [0.05, 0.1) is 24.2 Å². The van der Waals surface area contributed by atoms with Crippen LogP contribution < -0.4 is 20.7 Å². The summed E-state index contributed by atoms with van der Waals surface area (Å²) in [6.45, 7) is 5.38. The van der Waals surface area contributed by atoms with Crippen LogP contribution >= 0.6 is 11.8 Å². The quantitative estimate of drug-likeness (QED) is 0.559. The minimum Gasteiger partial charge on any atom is -0.495 e. The van der Waals surface area contributed by atoms with Crippen molar-refractivity contribution >= 4 is 35.0 Å². The number of nitrogens with two attached hydrogens (primary N) is 1. The van der Waals surface area contributed by atoms with E-state index in [9.17, 15) is 18.4 Å². The molecule has 6 nitrogen and oxygen atoms in total. The van der Waals surface area contributed by atoms with Gasteiger partial charge in [0.1, 0.15) is 17.4 Å². The van der Waals surface area contributed by atoms with Gasteiger partial charge in [-0.05, 0) is 24.3 Å². The average Bonchev–Trinajstić information content (AvgIpc) is 2.68. The standard InChI is InChI=1S/C22H27F2N3O3S/c1-22(2,3)31-21-15(23)11-14(12-16(21)24)26-13-20(29)27(10-9-19(25)28)17-7-5-6-8-18(17)30-4/h5-8,11-12,26H,9-10,13H2,1-4H3,(H2,25,28). The van der Waals surface area contributed by atoms with Gasteiger partial charge in [0.2, 0.25) is 11.8 Å². The Hall–Kier alpha value is -2.81. The second-order valence-electron chi connectivity index (χ2n) is 7.77. The van der Waals surface area contributed by atoms with Crippen LogP contribution in [0, 0.1) is 11.6 Å². The lowest BCUT2D eigenvalue weighted by Crippen LogP contribution is -2.38. The summed E-state index contributed by atoms with van der Waals surface area (Å²) in [5.41, 5.74) is 5.84. The maximum absolute atomic E-state index is 14.4. The maximum Gasteiger partial charge on any atom is 0.246 e. The van der Waals surface area contributed by atoms with Gasteiger partial charge in [-0.25, -0.2) is 8.78 Å². The van der Waals surface area contributed by atoms with E-state index in [4.69, 9.17) is 10.5 Å². The molecular weight excluding hydrogens is 424 g/mol. The molecule has 0 aliphatic rings. The third-order valence-corrected chi connectivity index (χ3v) is 5.32. The predicted octanol–water partition coefficient (Wildman–Crippen LogP) is 4.18. The molecule has 31 heavy (non-hydrogen) atoms. The normalized spacial score (nSPS) is 11.2. The van der Waals surface area contributed by atoms with E-state index in [1.807, 2.05) is 20.8 Å². The molecule has 0 spiro atoms. The fraction of sp³-hybridized carbons (Fsp3) is 0.364. The number of hydrogen-bond acceptors (Lipinski definition) is 5. The Morgan fingerprint density at radius 3 is 2.32 bits per heavy atom. The number of ether oxygens (including phenoxy) is 1. The summed E-state index contributed by atoms with van der Waals surface area (Å²) in [6.07, 6.45) is -0.0498. The number of carbonyl (C=O) groups excluding carboxylic acids is 2. The maximum atomic E-state index is 14.4. The lowest BCUT2D eigenvalue weighted by atomic mass is 10.2. The van der Waals surface area contributed by atoms with E-state index < -0.39 is 23.4 Å². The number of hydrogen-bond donors (Lipinski definition) is 2. The number of carbonyl (C=O) groups is 2. The Balaban J connectivity index is 2.19. The summed E-state index contributed by atoms with van der Waals surface area (Å²) >= 11 is 1.09. The highest BCUT2D eigenvalue weighted by atomic mass is 32.2. The Labute approximate surface area is 185 Å². The molecule has 0 fully saturated rings. The molecule has 2 aromatic rings. The van der Waals surface area contributed by atoms with Crippen LogP contribution in [0.2, 0.25) is 0 Å². The van der Waals surface area contributed by atoms with E-state index in [0.717, 1.165) is 23.9 Å². The van der Waals surface area contributed by atoms with Crippen LogP contribution in [-0.2, 0) is 9.59 Å². The summed E-state index contributed by atoms with van der Waals surface area (Å²) in [5.74, 6) is -1.94. The van der Waals surface area contributed by atoms with Crippen molar-refractivity contribution in [2.45, 2.75) is 36.8 Å². The largest absolute Gasteiger partial charge is 0.495 e. The molecule has 168 valence electrons. The highest BCUT2D eigenvalue weighted by Gasteiger charge is 2.22. The van der Waals surface area contributed by atoms with Crippen molar-refractivity contribution in [1.82, 2.24) is 0 Å². The Morgan fingerprint density at radius 1 is 1.16 bits per heavy atom. The molecule has 0 aromatic heterocycles. The van der Waals surface area contributed by atoms with Crippen LogP contribution in [-0.4, -0.2) is 36.8 Å². The van der Waals surface area contributed by atoms with Crippen LogP contribution in [0.4, 0.5) is 20.2 Å². The molecule has 0 aliphatic carbocycles. The number of amides is 2. The van der Waals surface area contributed by atoms with E-state index in [2.05, 4.69) is 5.32 Å². The molecule has 0 saturated carbocycles. The smallest absolute Gasteiger partial charge is 0.246 e. The van der Waals surface area contributed by atoms with Crippen LogP contribution in [0.5, 0.6) is 5.75 Å². The lowest BCUT2D eigenvalue weighted by Gasteiger charge is -2.24. The van der Waals surface area contributed by atoms with Crippen molar-refractivity contribution in [2.24, 2.45) is 5.73 Å². The fourth-order valence-electron chi connectivity index (χ4n) is 2.79. The van der Waals surface area contributed by atoms with Gasteiger partial charge in [0.15, 0.2) is 0 Å². The Kier molecular flexibility index (Phi) is 8.27. The molecule has 9 heteroatoms. The zero-order valence-corrected chi connectivity index (χ0v) is 18.8. The van der Waals surface area contributed by atoms with E-state index >= 15 is 0 Å². The number of thioether (sulfide) groups is 1. The third-order valence-electron chi connectivity index (χ3n) is 4.11. The fourth-order valence-corrected chi connectivity index (χ4v) is 3.72. The van der Waals surface area contributed by atoms with E-state index in [0.29, 0.717) is 11.4 Å². The molecule has 3 N–H and O–H groups in total. The predicted molar refractivity (Wildman–Crippen MR) is 120 cm³/mol. The van der Waals surface area contributed by atoms with Crippen molar-refractivity contribution in [3.63, 3.8) is 0 Å². The van der Waals surface area contributed by atoms with Crippen LogP contribution in [0.1, 0.15) is 27.2 Å². The van der Waals surface area contributed by atoms with Crippen molar-refractivity contribution in [3.8, 4) is 5.75 Å². The number of primary amides is 1. The first-order valence-electron chi connectivity index (χ1n) is 9.65. The average molecular weight is 452 g/mol. The van der Waals surface area contributed by atoms with Gasteiger partial charge in [-0.2, -0.15) is 0 Å². The minimum atomic E-state index is -0.704. The number of nitrogens with zero attached hydrogens (tertiary/aromatic N) is 1. The van der Waals surface area contributed by atoms with Gasteiger partial charge < -0.3 is 20.7 Å². The number of rotatable bonds is 9. The molecule has 0 atom stereocenters. The van der Waals surface area contributed by atoms with E-state index in [1.165, 1.54) is 12.0 Å². The van der Waals surface area contributed by atoms with Crippen molar-refractivity contribution < 1.29 is 23.1 Å². The zero-order chi connectivity index (χ0) is 23.2. The van der Waals surface area contributed by atoms with Gasteiger partial charge in [-0.1, -0.05) is 32.9 Å². The molecule has 0 aliphatic heterocycles. The van der Waals surface area contributed by atoms with Gasteiger partial charge in [0.25, 0.3) is 0 Å². The number of anilines is 2. The number of halogens is 2. The lowest BCUT2D eigenvalue weighted by molar-refractivity contribution is -0.118. The molecule has 2 amide bonds. The molecule has 0 bridgehead atoms. The number of methoxy groups -OCH3 is 1. The summed E-state index contributed by atoms with van der Waals surface area (Å²) in [7, 11) is 1.47. The Bertz CT molecular complexity index is 925. The van der Waals surface area contributed by atoms with Gasteiger partial charge >= 0.3 is 0 Å². The zero-order valence-electron chi connectivity index (χ0n) is 18.0. The molecule has 0 heterocycles. The van der Waals surface area contributed by atoms with Gasteiger partial charge in [-0.15, -0.1) is 11.8 Å². The Morgan fingerprint density at radius 2 is 1.77 bits per heavy atom. The molecular formula is C22H27F2N3O3S. The van der Waals surface area contributed by atoms with Gasteiger partial charge in [0, 0.05) is 23.4 Å². The van der Waals surface area contributed by atoms with Crippen molar-refractivity contribution in [1.29, 1.82) is 0 Å². The molecule has 0 unspecified atom stereocenters. The number of para-hydroxylation sites is 2. The first-order valence-corrected chi connectivity index (χ1v) is 10.5. The first kappa shape index (κ1) is 24.5. The van der Waals surface area contributed by atoms with E-state index in [1.54, 1.807) is 24.3 Å². The summed E-state index contributed by atoms with van der Waals surface area (Å²) < 4.78 is 33.8. The topological polar surface area (TPSA) is 84.7 Å². The molecule has 0 saturated heterocycles. The van der Waals surface area contributed by atoms with Crippen LogP contribution in [0.15, 0.2) is 41.3 Å². The summed E-state index contributed by atoms with van der Waals surface area (Å²) in [4.78, 5) is 25.4. The second kappa shape index (κ2) is 10.5. The SMILES string of the molecule is COc1ccccc1N(CCC(N)=O)C(=O)CNc1cc(F)c(SC(C)(C)C)c(F)c1. The first-order chi connectivity index (χ1) is 14.5. The van der Waals surface area contributed by atoms with Crippen LogP contribution in [0.25, 0.3) is 0 Å². The molecule has 2 rings (SSSR count). The van der Waals surface area contributed by atoms with Crippen molar-refractivity contribution in [2.75, 3.05) is 30.4 Å². The monoisotopic (exact) mass is 451 g/mol. The molecule has 0 radical (unpaired) electrons. The minimum absolute atomic E-state index is 0.0418. The van der Waals surface area contributed by atoms with Crippen LogP contribution in [0.3, 0.4) is 0 Å². The third kappa shape index (κ3) is 7.13. The van der Waals surface area contributed by atoms with E-state index in [-0.39, 0.29) is 34.8 Å². The molecule has 2 aromatic carbocycles.